The van der Waals surface area contributed by atoms with E-state index in [2.05, 4.69) is 22.5 Å². The number of carboxylic acid groups (broad SMARTS) is 1. The molecule has 2 aromatic carbocycles. The van der Waals surface area contributed by atoms with E-state index in [-0.39, 0.29) is 18.9 Å². The highest BCUT2D eigenvalue weighted by atomic mass is 35.5. The Kier molecular flexibility index (Phi) is 6.19. The van der Waals surface area contributed by atoms with Crippen LogP contribution in [0.4, 0.5) is 4.79 Å². The van der Waals surface area contributed by atoms with Gasteiger partial charge in [-0.05, 0) is 36.1 Å². The summed E-state index contributed by atoms with van der Waals surface area (Å²) < 4.78 is 7.13. The van der Waals surface area contributed by atoms with Gasteiger partial charge in [-0.2, -0.15) is 5.10 Å². The van der Waals surface area contributed by atoms with Crippen LogP contribution < -0.4 is 5.32 Å². The molecular formula is C24H24ClN3O4. The Hall–Kier alpha value is -3.32. The number of hydrogen-bond donors (Lipinski definition) is 2. The Morgan fingerprint density at radius 2 is 1.75 bits per heavy atom. The Morgan fingerprint density at radius 1 is 1.16 bits per heavy atom. The molecule has 0 saturated heterocycles. The van der Waals surface area contributed by atoms with Crippen molar-refractivity contribution in [2.75, 3.05) is 6.61 Å². The monoisotopic (exact) mass is 453 g/mol. The van der Waals surface area contributed by atoms with Gasteiger partial charge in [0.05, 0.1) is 16.4 Å². The lowest BCUT2D eigenvalue weighted by Crippen LogP contribution is -2.43. The van der Waals surface area contributed by atoms with E-state index in [1.165, 1.54) is 0 Å². The van der Waals surface area contributed by atoms with Crippen molar-refractivity contribution in [3.63, 3.8) is 0 Å². The van der Waals surface area contributed by atoms with Gasteiger partial charge in [0.1, 0.15) is 12.6 Å². The fourth-order valence-corrected chi connectivity index (χ4v) is 4.45. The highest BCUT2D eigenvalue weighted by Crippen LogP contribution is 2.44. The number of ether oxygens (including phenoxy) is 1. The number of carboxylic acids is 1. The molecule has 3 aromatic rings. The number of nitrogens with zero attached hydrogens (tertiary/aromatic N) is 2. The zero-order chi connectivity index (χ0) is 22.8. The van der Waals surface area contributed by atoms with E-state index in [1.54, 1.807) is 11.6 Å². The lowest BCUT2D eigenvalue weighted by atomic mass is 9.98. The first-order chi connectivity index (χ1) is 15.4. The molecule has 1 aromatic heterocycles. The number of halogens is 1. The van der Waals surface area contributed by atoms with Gasteiger partial charge in [0, 0.05) is 18.9 Å². The summed E-state index contributed by atoms with van der Waals surface area (Å²) in [6.45, 7) is 4.30. The average Bonchev–Trinajstić information content (AvgIpc) is 3.26. The van der Waals surface area contributed by atoms with Gasteiger partial charge in [-0.15, -0.1) is 0 Å². The summed E-state index contributed by atoms with van der Waals surface area (Å²) in [5, 5.41) is 16.8. The Labute approximate surface area is 191 Å². The van der Waals surface area contributed by atoms with Crippen LogP contribution in [-0.2, 0) is 22.5 Å². The molecule has 1 aliphatic carbocycles. The highest BCUT2D eigenvalue weighted by Gasteiger charge is 2.30. The number of hydrogen-bond acceptors (Lipinski definition) is 4. The largest absolute Gasteiger partial charge is 0.480 e. The second kappa shape index (κ2) is 9.04. The minimum atomic E-state index is -1.19. The van der Waals surface area contributed by atoms with Crippen molar-refractivity contribution in [3.8, 4) is 11.1 Å². The van der Waals surface area contributed by atoms with Crippen molar-refractivity contribution in [2.24, 2.45) is 0 Å². The molecule has 7 nitrogen and oxygen atoms in total. The molecular weight excluding hydrogens is 430 g/mol. The molecule has 0 fully saturated rings. The molecule has 1 heterocycles. The van der Waals surface area contributed by atoms with Crippen LogP contribution in [0.15, 0.2) is 48.5 Å². The predicted molar refractivity (Wildman–Crippen MR) is 121 cm³/mol. The van der Waals surface area contributed by atoms with E-state index in [4.69, 9.17) is 16.3 Å². The molecule has 1 atom stereocenters. The average molecular weight is 454 g/mol. The van der Waals surface area contributed by atoms with E-state index in [1.807, 2.05) is 43.3 Å². The van der Waals surface area contributed by atoms with E-state index in [0.717, 1.165) is 22.3 Å². The van der Waals surface area contributed by atoms with Gasteiger partial charge in [0.25, 0.3) is 0 Å². The Morgan fingerprint density at radius 3 is 2.31 bits per heavy atom. The first-order valence-corrected chi connectivity index (χ1v) is 10.8. The number of fused-ring (bicyclic) bond motifs is 3. The van der Waals surface area contributed by atoms with Crippen LogP contribution in [0.3, 0.4) is 0 Å². The minimum Gasteiger partial charge on any atom is -0.480 e. The van der Waals surface area contributed by atoms with Crippen LogP contribution >= 0.6 is 11.6 Å². The number of rotatable bonds is 7. The highest BCUT2D eigenvalue weighted by molar-refractivity contribution is 6.31. The number of aliphatic carboxylic acids is 1. The molecule has 2 N–H and O–H groups in total. The maximum Gasteiger partial charge on any atom is 0.407 e. The van der Waals surface area contributed by atoms with Gasteiger partial charge < -0.3 is 15.2 Å². The summed E-state index contributed by atoms with van der Waals surface area (Å²) in [5.41, 5.74) is 5.61. The number of alkyl carbamates (subject to hydrolysis) is 1. The van der Waals surface area contributed by atoms with Crippen molar-refractivity contribution < 1.29 is 19.4 Å². The number of benzene rings is 2. The van der Waals surface area contributed by atoms with Crippen LogP contribution in [0, 0.1) is 6.92 Å². The SMILES string of the molecule is CCn1nc(C)c(Cl)c1CC(NC(=O)OCC1c2ccccc2-c2ccccc21)C(=O)O. The fraction of sp³-hybridized carbons (Fsp3) is 0.292. The summed E-state index contributed by atoms with van der Waals surface area (Å²) in [7, 11) is 0. The molecule has 8 heteroatoms. The van der Waals surface area contributed by atoms with E-state index in [0.29, 0.717) is 23.0 Å². The molecule has 1 unspecified atom stereocenters. The standard InChI is InChI=1S/C24H24ClN3O4/c1-3-28-21(22(25)14(2)27-28)12-20(23(29)30)26-24(31)32-13-19-17-10-6-4-8-15(17)16-9-5-7-11-18(16)19/h4-11,19-20H,3,12-13H2,1-2H3,(H,26,31)(H,29,30). The lowest BCUT2D eigenvalue weighted by molar-refractivity contribution is -0.139. The minimum absolute atomic E-state index is 0.00699. The number of carbonyl (C=O) groups is 2. The van der Waals surface area contributed by atoms with Gasteiger partial charge in [-0.25, -0.2) is 9.59 Å². The third kappa shape index (κ3) is 4.08. The smallest absolute Gasteiger partial charge is 0.407 e. The Bertz CT molecular complexity index is 1130. The number of aromatic nitrogens is 2. The molecule has 0 saturated carbocycles. The quantitative estimate of drug-likeness (QED) is 0.553. The Balaban J connectivity index is 1.46. The van der Waals surface area contributed by atoms with Gasteiger partial charge in [-0.3, -0.25) is 4.68 Å². The maximum atomic E-state index is 12.5. The third-order valence-electron chi connectivity index (χ3n) is 5.78. The van der Waals surface area contributed by atoms with Crippen LogP contribution in [0.1, 0.15) is 35.4 Å². The molecule has 0 radical (unpaired) electrons. The number of amides is 1. The summed E-state index contributed by atoms with van der Waals surface area (Å²) in [4.78, 5) is 24.3. The van der Waals surface area contributed by atoms with Crippen molar-refractivity contribution in [3.05, 3.63) is 76.1 Å². The molecule has 1 amide bonds. The summed E-state index contributed by atoms with van der Waals surface area (Å²) >= 11 is 6.30. The van der Waals surface area contributed by atoms with Crippen molar-refractivity contribution in [1.29, 1.82) is 0 Å². The first-order valence-electron chi connectivity index (χ1n) is 10.5. The molecule has 166 valence electrons. The summed E-state index contributed by atoms with van der Waals surface area (Å²) in [6, 6.07) is 14.9. The van der Waals surface area contributed by atoms with Crippen LogP contribution in [0.2, 0.25) is 5.02 Å². The second-order valence-corrected chi connectivity index (χ2v) is 8.10. The third-order valence-corrected chi connectivity index (χ3v) is 6.28. The normalized spacial score (nSPS) is 13.3. The second-order valence-electron chi connectivity index (χ2n) is 7.73. The zero-order valence-corrected chi connectivity index (χ0v) is 18.6. The van der Waals surface area contributed by atoms with Crippen molar-refractivity contribution in [2.45, 2.75) is 38.8 Å². The van der Waals surface area contributed by atoms with Crippen LogP contribution in [-0.4, -0.2) is 39.6 Å². The number of nitrogens with one attached hydrogen (secondary N) is 1. The van der Waals surface area contributed by atoms with E-state index in [9.17, 15) is 14.7 Å². The topological polar surface area (TPSA) is 93.5 Å². The van der Waals surface area contributed by atoms with Crippen molar-refractivity contribution >= 4 is 23.7 Å². The fourth-order valence-electron chi connectivity index (χ4n) is 4.24. The zero-order valence-electron chi connectivity index (χ0n) is 17.8. The lowest BCUT2D eigenvalue weighted by Gasteiger charge is -2.18. The molecule has 1 aliphatic rings. The molecule has 32 heavy (non-hydrogen) atoms. The maximum absolute atomic E-state index is 12.5. The predicted octanol–water partition coefficient (Wildman–Crippen LogP) is 4.40. The van der Waals surface area contributed by atoms with Crippen LogP contribution in [0.25, 0.3) is 11.1 Å². The van der Waals surface area contributed by atoms with Crippen molar-refractivity contribution in [1.82, 2.24) is 15.1 Å². The molecule has 0 bridgehead atoms. The molecule has 4 rings (SSSR count). The van der Waals surface area contributed by atoms with Gasteiger partial charge in [-0.1, -0.05) is 60.1 Å². The van der Waals surface area contributed by atoms with Gasteiger partial charge in [0.2, 0.25) is 0 Å². The number of aryl methyl sites for hydroxylation is 2. The molecule has 0 spiro atoms. The number of carbonyl (C=O) groups excluding carboxylic acids is 1. The summed E-state index contributed by atoms with van der Waals surface area (Å²) in [5.74, 6) is -1.27. The van der Waals surface area contributed by atoms with E-state index < -0.39 is 18.1 Å². The van der Waals surface area contributed by atoms with Gasteiger partial charge >= 0.3 is 12.1 Å². The molecule has 0 aliphatic heterocycles. The van der Waals surface area contributed by atoms with Crippen LogP contribution in [0.5, 0.6) is 0 Å². The summed E-state index contributed by atoms with van der Waals surface area (Å²) in [6.07, 6.45) is -0.776. The first kappa shape index (κ1) is 21.9. The van der Waals surface area contributed by atoms with Gasteiger partial charge in [0.15, 0.2) is 0 Å². The van der Waals surface area contributed by atoms with E-state index >= 15 is 0 Å².